The van der Waals surface area contributed by atoms with E-state index >= 15 is 0 Å². The van der Waals surface area contributed by atoms with Crippen LogP contribution in [0, 0.1) is 5.82 Å². The van der Waals surface area contributed by atoms with Gasteiger partial charge in [0.15, 0.2) is 0 Å². The van der Waals surface area contributed by atoms with E-state index in [1.807, 2.05) is 0 Å². The largest absolute Gasteiger partial charge is 0.465 e. The number of anilines is 1. The van der Waals surface area contributed by atoms with Crippen LogP contribution in [0.2, 0.25) is 0 Å². The van der Waals surface area contributed by atoms with Crippen molar-refractivity contribution < 1.29 is 38.5 Å². The lowest BCUT2D eigenvalue weighted by molar-refractivity contribution is -0.122. The van der Waals surface area contributed by atoms with Gasteiger partial charge in [-0.15, -0.1) is 0 Å². The zero-order valence-electron chi connectivity index (χ0n) is 18.0. The van der Waals surface area contributed by atoms with Crippen molar-refractivity contribution >= 4 is 40.7 Å². The summed E-state index contributed by atoms with van der Waals surface area (Å²) in [5.41, 5.74) is -0.999. The average molecular weight is 476 g/mol. The summed E-state index contributed by atoms with van der Waals surface area (Å²) in [7, 11) is 1.13. The summed E-state index contributed by atoms with van der Waals surface area (Å²) in [6.07, 6.45) is 0.170. The van der Waals surface area contributed by atoms with Gasteiger partial charge in [-0.2, -0.15) is 0 Å². The van der Waals surface area contributed by atoms with E-state index in [0.29, 0.717) is 0 Å². The van der Waals surface area contributed by atoms with Crippen LogP contribution < -0.4 is 10.7 Å². The Balaban J connectivity index is 1.72. The molecular weight excluding hydrogens is 455 g/mol. The number of piperazine rings is 1. The van der Waals surface area contributed by atoms with Crippen LogP contribution in [-0.4, -0.2) is 81.4 Å². The number of carbonyl (C=O) groups excluding carboxylic acids is 2. The lowest BCUT2D eigenvalue weighted by atomic mass is 10.1. The topological polar surface area (TPSA) is 158 Å². The molecule has 2 aliphatic rings. The molecule has 3 amide bonds. The van der Waals surface area contributed by atoms with Crippen LogP contribution in [-0.2, 0) is 9.53 Å². The maximum atomic E-state index is 14.9. The zero-order valence-corrected chi connectivity index (χ0v) is 18.0. The molecular formula is C21H21FN4O8. The van der Waals surface area contributed by atoms with E-state index in [-0.39, 0.29) is 41.3 Å². The minimum Gasteiger partial charge on any atom is -0.465 e. The molecule has 0 unspecified atom stereocenters. The first kappa shape index (κ1) is 23.0. The molecule has 13 heteroatoms. The molecule has 0 spiro atoms. The van der Waals surface area contributed by atoms with Crippen molar-refractivity contribution in [2.75, 3.05) is 32.1 Å². The molecule has 2 aromatic rings. The van der Waals surface area contributed by atoms with E-state index < -0.39 is 47.9 Å². The first-order valence-corrected chi connectivity index (χ1v) is 10.4. The van der Waals surface area contributed by atoms with Gasteiger partial charge >= 0.3 is 18.2 Å². The molecule has 2 heterocycles. The van der Waals surface area contributed by atoms with Gasteiger partial charge in [-0.25, -0.2) is 18.8 Å². The smallest absolute Gasteiger partial charge is 0.408 e. The summed E-state index contributed by atoms with van der Waals surface area (Å²) < 4.78 is 21.2. The number of ether oxygens (including phenoxy) is 1. The zero-order chi connectivity index (χ0) is 24.7. The number of amides is 3. The Hall–Kier alpha value is -4.16. The Labute approximate surface area is 191 Å². The maximum absolute atomic E-state index is 14.9. The minimum absolute atomic E-state index is 0.0227. The normalized spacial score (nSPS) is 18.0. The van der Waals surface area contributed by atoms with Gasteiger partial charge in [0.25, 0.3) is 0 Å². The number of pyridine rings is 1. The predicted octanol–water partition coefficient (Wildman–Crippen LogP) is 1.54. The van der Waals surface area contributed by atoms with Crippen LogP contribution in [0.1, 0.15) is 29.2 Å². The van der Waals surface area contributed by atoms with Gasteiger partial charge in [0.2, 0.25) is 11.3 Å². The summed E-state index contributed by atoms with van der Waals surface area (Å²) in [4.78, 5) is 62.2. The number of benzene rings is 1. The van der Waals surface area contributed by atoms with Crippen molar-refractivity contribution in [1.82, 2.24) is 14.4 Å². The summed E-state index contributed by atoms with van der Waals surface area (Å²) in [6, 6.07) is 0.722. The summed E-state index contributed by atoms with van der Waals surface area (Å²) in [5.74, 6) is -2.75. The highest BCUT2D eigenvalue weighted by atomic mass is 19.1. The third kappa shape index (κ3) is 4.11. The van der Waals surface area contributed by atoms with Crippen molar-refractivity contribution in [2.45, 2.75) is 24.9 Å². The fourth-order valence-electron chi connectivity index (χ4n) is 4.00. The number of hydrogen-bond donors (Lipinski definition) is 3. The number of rotatable bonds is 4. The molecule has 0 bridgehead atoms. The van der Waals surface area contributed by atoms with Gasteiger partial charge in [0, 0.05) is 30.7 Å². The number of hydrogen-bond acceptors (Lipinski definition) is 6. The molecule has 1 saturated heterocycles. The lowest BCUT2D eigenvalue weighted by Gasteiger charge is -2.37. The number of nitrogens with one attached hydrogen (secondary N) is 1. The Morgan fingerprint density at radius 2 is 1.82 bits per heavy atom. The molecule has 1 atom stereocenters. The fourth-order valence-corrected chi connectivity index (χ4v) is 4.00. The standard InChI is InChI=1S/C21H21FN4O8/c1-34-19(29)12-8-26(10-2-3-10)15-7-14(13(22)6-11(15)17(12)27)23-18(28)16-9-24(20(30)31)4-5-25(16)21(32)33/h6-8,10,16H,2-5,9H2,1H3,(H,23,28)(H,30,31)(H,32,33)/t16-/m0/s1. The molecule has 1 aromatic carbocycles. The van der Waals surface area contributed by atoms with Crippen LogP contribution >= 0.6 is 0 Å². The first-order valence-electron chi connectivity index (χ1n) is 10.4. The Kier molecular flexibility index (Phi) is 5.85. The number of esters is 1. The second-order valence-corrected chi connectivity index (χ2v) is 8.06. The number of fused-ring (bicyclic) bond motifs is 1. The van der Waals surface area contributed by atoms with Crippen LogP contribution in [0.5, 0.6) is 0 Å². The Morgan fingerprint density at radius 3 is 2.41 bits per heavy atom. The van der Waals surface area contributed by atoms with Gasteiger partial charge in [0.05, 0.1) is 24.9 Å². The van der Waals surface area contributed by atoms with Gasteiger partial charge in [0.1, 0.15) is 17.4 Å². The number of nitrogens with zero attached hydrogens (tertiary/aromatic N) is 3. The van der Waals surface area contributed by atoms with Gasteiger partial charge in [-0.1, -0.05) is 0 Å². The highest BCUT2D eigenvalue weighted by Crippen LogP contribution is 2.37. The molecule has 1 aromatic heterocycles. The van der Waals surface area contributed by atoms with Crippen molar-refractivity contribution in [1.29, 1.82) is 0 Å². The van der Waals surface area contributed by atoms with E-state index in [1.54, 1.807) is 4.57 Å². The van der Waals surface area contributed by atoms with Crippen LogP contribution in [0.15, 0.2) is 23.1 Å². The van der Waals surface area contributed by atoms with E-state index in [4.69, 9.17) is 0 Å². The van der Waals surface area contributed by atoms with Crippen molar-refractivity contribution in [3.63, 3.8) is 0 Å². The van der Waals surface area contributed by atoms with Crippen LogP contribution in [0.4, 0.5) is 19.7 Å². The number of aromatic nitrogens is 1. The van der Waals surface area contributed by atoms with E-state index in [2.05, 4.69) is 10.1 Å². The van der Waals surface area contributed by atoms with E-state index in [1.165, 1.54) is 12.3 Å². The van der Waals surface area contributed by atoms with E-state index in [9.17, 15) is 38.6 Å². The van der Waals surface area contributed by atoms with Crippen LogP contribution in [0.25, 0.3) is 10.9 Å². The second kappa shape index (κ2) is 8.65. The predicted molar refractivity (Wildman–Crippen MR) is 115 cm³/mol. The molecule has 1 aliphatic carbocycles. The number of carboxylic acid groups (broad SMARTS) is 2. The molecule has 34 heavy (non-hydrogen) atoms. The summed E-state index contributed by atoms with van der Waals surface area (Å²) in [6.45, 7) is -0.749. The second-order valence-electron chi connectivity index (χ2n) is 8.06. The maximum Gasteiger partial charge on any atom is 0.408 e. The van der Waals surface area contributed by atoms with Crippen molar-refractivity contribution in [3.05, 3.63) is 39.9 Å². The minimum atomic E-state index is -1.41. The van der Waals surface area contributed by atoms with Crippen molar-refractivity contribution in [3.8, 4) is 0 Å². The number of methoxy groups -OCH3 is 1. The average Bonchev–Trinajstić information content (AvgIpc) is 3.64. The Bertz CT molecular complexity index is 1270. The third-order valence-electron chi connectivity index (χ3n) is 5.92. The SMILES string of the molecule is COC(=O)c1cn(C2CC2)c2cc(NC(=O)[C@@H]3CN(C(=O)O)CCN3C(=O)O)c(F)cc2c1=O. The molecule has 1 aliphatic heterocycles. The molecule has 2 fully saturated rings. The highest BCUT2D eigenvalue weighted by Gasteiger charge is 2.37. The highest BCUT2D eigenvalue weighted by molar-refractivity contribution is 6.00. The fraction of sp³-hybridized carbons (Fsp3) is 0.381. The molecule has 0 radical (unpaired) electrons. The summed E-state index contributed by atoms with van der Waals surface area (Å²) in [5, 5.41) is 20.9. The monoisotopic (exact) mass is 476 g/mol. The quantitative estimate of drug-likeness (QED) is 0.561. The molecule has 4 rings (SSSR count). The van der Waals surface area contributed by atoms with Gasteiger partial charge < -0.3 is 29.7 Å². The van der Waals surface area contributed by atoms with Gasteiger partial charge in [-0.05, 0) is 25.0 Å². The molecule has 12 nitrogen and oxygen atoms in total. The summed E-state index contributed by atoms with van der Waals surface area (Å²) >= 11 is 0. The van der Waals surface area contributed by atoms with E-state index in [0.717, 1.165) is 35.8 Å². The molecule has 180 valence electrons. The molecule has 3 N–H and O–H groups in total. The van der Waals surface area contributed by atoms with Gasteiger partial charge in [-0.3, -0.25) is 14.5 Å². The number of halogens is 1. The molecule has 1 saturated carbocycles. The Morgan fingerprint density at radius 1 is 1.12 bits per heavy atom. The first-order chi connectivity index (χ1) is 16.1. The lowest BCUT2D eigenvalue weighted by Crippen LogP contribution is -2.60. The van der Waals surface area contributed by atoms with Crippen molar-refractivity contribution in [2.24, 2.45) is 0 Å². The number of carbonyl (C=O) groups is 4. The van der Waals surface area contributed by atoms with Crippen LogP contribution in [0.3, 0.4) is 0 Å². The third-order valence-corrected chi connectivity index (χ3v) is 5.92.